The van der Waals surface area contributed by atoms with E-state index in [1.54, 1.807) is 12.1 Å². The molecule has 1 atom stereocenters. The summed E-state index contributed by atoms with van der Waals surface area (Å²) in [6, 6.07) is 25.0. The van der Waals surface area contributed by atoms with Gasteiger partial charge in [-0.3, -0.25) is 9.59 Å². The largest absolute Gasteiger partial charge is 0.506 e. The Bertz CT molecular complexity index is 1500. The molecule has 5 rings (SSSR count). The molecule has 4 aromatic rings. The summed E-state index contributed by atoms with van der Waals surface area (Å²) in [4.78, 5) is 29.1. The number of aromatic nitrogens is 1. The lowest BCUT2D eigenvalue weighted by molar-refractivity contribution is -0.121. The van der Waals surface area contributed by atoms with E-state index >= 15 is 0 Å². The summed E-state index contributed by atoms with van der Waals surface area (Å²) in [6.45, 7) is 3.40. The monoisotopic (exact) mass is 540 g/mol. The van der Waals surface area contributed by atoms with Crippen molar-refractivity contribution in [3.63, 3.8) is 0 Å². The van der Waals surface area contributed by atoms with Crippen LogP contribution in [0, 0.1) is 0 Å². The summed E-state index contributed by atoms with van der Waals surface area (Å²) in [7, 11) is 0. The third-order valence-corrected chi connectivity index (χ3v) is 7.63. The molecule has 1 saturated heterocycles. The van der Waals surface area contributed by atoms with Gasteiger partial charge in [0.1, 0.15) is 5.75 Å². The third kappa shape index (κ3) is 6.96. The Labute approximate surface area is 233 Å². The summed E-state index contributed by atoms with van der Waals surface area (Å²) < 4.78 is 0. The van der Waals surface area contributed by atoms with Crippen LogP contribution < -0.4 is 16.2 Å². The van der Waals surface area contributed by atoms with Gasteiger partial charge < -0.3 is 30.7 Å². The second kappa shape index (κ2) is 12.9. The molecule has 1 aromatic heterocycles. The maximum atomic E-state index is 12.5. The fourth-order valence-electron chi connectivity index (χ4n) is 5.34. The van der Waals surface area contributed by atoms with E-state index < -0.39 is 6.10 Å². The first kappa shape index (κ1) is 27.6. The molecule has 1 fully saturated rings. The Morgan fingerprint density at radius 2 is 1.75 bits per heavy atom. The summed E-state index contributed by atoms with van der Waals surface area (Å²) in [6.07, 6.45) is 1.56. The number of hydrogen-bond acceptors (Lipinski definition) is 6. The molecular formula is C32H36N4O4. The van der Waals surface area contributed by atoms with Crippen LogP contribution in [0.3, 0.4) is 0 Å². The van der Waals surface area contributed by atoms with E-state index in [0.717, 1.165) is 49.2 Å². The number of aliphatic hydroxyl groups is 1. The van der Waals surface area contributed by atoms with Crippen LogP contribution in [-0.4, -0.2) is 58.2 Å². The number of phenols is 1. The van der Waals surface area contributed by atoms with E-state index in [0.29, 0.717) is 36.0 Å². The number of nitrogens with one attached hydrogen (secondary N) is 3. The number of piperidine rings is 1. The molecule has 3 aromatic carbocycles. The fraction of sp³-hybridized carbons (Fsp3) is 0.312. The first-order valence-corrected chi connectivity index (χ1v) is 13.9. The van der Waals surface area contributed by atoms with Crippen molar-refractivity contribution in [3.05, 3.63) is 100 Å². The van der Waals surface area contributed by atoms with Gasteiger partial charge in [0, 0.05) is 43.5 Å². The minimum Gasteiger partial charge on any atom is -0.506 e. The molecule has 1 aliphatic heterocycles. The number of benzene rings is 3. The first-order chi connectivity index (χ1) is 19.5. The number of aromatic amines is 1. The molecule has 0 bridgehead atoms. The molecule has 0 saturated carbocycles. The summed E-state index contributed by atoms with van der Waals surface area (Å²) >= 11 is 0. The van der Waals surface area contributed by atoms with Crippen molar-refractivity contribution in [2.75, 3.05) is 26.2 Å². The van der Waals surface area contributed by atoms with E-state index in [1.165, 1.54) is 12.1 Å². The second-order valence-corrected chi connectivity index (χ2v) is 10.4. The summed E-state index contributed by atoms with van der Waals surface area (Å²) in [5.74, 6) is 0.0332. The molecule has 0 unspecified atom stereocenters. The molecule has 1 aliphatic rings. The topological polar surface area (TPSA) is 118 Å². The van der Waals surface area contributed by atoms with Gasteiger partial charge in [0.25, 0.3) is 0 Å². The summed E-state index contributed by atoms with van der Waals surface area (Å²) in [5, 5.41) is 28.0. The average molecular weight is 541 g/mol. The maximum absolute atomic E-state index is 12.5. The minimum atomic E-state index is -0.774. The van der Waals surface area contributed by atoms with Crippen molar-refractivity contribution in [1.82, 2.24) is 20.5 Å². The molecule has 0 spiro atoms. The quantitative estimate of drug-likeness (QED) is 0.209. The number of aliphatic hydroxyl groups excluding tert-OH is 1. The van der Waals surface area contributed by atoms with Gasteiger partial charge in [0.2, 0.25) is 11.5 Å². The van der Waals surface area contributed by atoms with Crippen LogP contribution in [0.2, 0.25) is 0 Å². The number of carbonyl (C=O) groups is 1. The number of H-pyrrole nitrogens is 1. The molecular weight excluding hydrogens is 504 g/mol. The molecule has 208 valence electrons. The molecule has 1 amide bonds. The number of aromatic hydroxyl groups is 1. The van der Waals surface area contributed by atoms with E-state index in [4.69, 9.17) is 0 Å². The minimum absolute atomic E-state index is 0.0186. The number of likely N-dealkylation sites (tertiary alicyclic amines) is 1. The highest BCUT2D eigenvalue weighted by Crippen LogP contribution is 2.28. The zero-order valence-corrected chi connectivity index (χ0v) is 22.5. The zero-order valence-electron chi connectivity index (χ0n) is 22.5. The molecule has 5 N–H and O–H groups in total. The highest BCUT2D eigenvalue weighted by Gasteiger charge is 2.21. The Hall–Kier alpha value is -3.98. The lowest BCUT2D eigenvalue weighted by atomic mass is 10.0. The van der Waals surface area contributed by atoms with Gasteiger partial charge in [0.05, 0.1) is 11.6 Å². The highest BCUT2D eigenvalue weighted by molar-refractivity contribution is 5.87. The molecule has 0 radical (unpaired) electrons. The van der Waals surface area contributed by atoms with E-state index in [2.05, 4.69) is 44.8 Å². The molecule has 2 heterocycles. The Kier molecular flexibility index (Phi) is 8.91. The predicted molar refractivity (Wildman–Crippen MR) is 157 cm³/mol. The normalized spacial score (nSPS) is 15.2. The molecule has 40 heavy (non-hydrogen) atoms. The van der Waals surface area contributed by atoms with Crippen LogP contribution in [0.4, 0.5) is 0 Å². The highest BCUT2D eigenvalue weighted by atomic mass is 16.3. The molecule has 8 nitrogen and oxygen atoms in total. The predicted octanol–water partition coefficient (Wildman–Crippen LogP) is 3.69. The number of pyridine rings is 1. The average Bonchev–Trinajstić information content (AvgIpc) is 2.99. The van der Waals surface area contributed by atoms with Crippen molar-refractivity contribution in [2.45, 2.75) is 38.0 Å². The zero-order chi connectivity index (χ0) is 27.9. The van der Waals surface area contributed by atoms with Gasteiger partial charge in [-0.1, -0.05) is 54.6 Å². The van der Waals surface area contributed by atoms with Crippen LogP contribution in [0.1, 0.15) is 36.5 Å². The van der Waals surface area contributed by atoms with E-state index in [1.807, 2.05) is 30.3 Å². The molecule has 8 heteroatoms. The van der Waals surface area contributed by atoms with Gasteiger partial charge in [0.15, 0.2) is 0 Å². The van der Waals surface area contributed by atoms with Crippen molar-refractivity contribution >= 4 is 16.8 Å². The van der Waals surface area contributed by atoms with E-state index in [-0.39, 0.29) is 23.3 Å². The Balaban J connectivity index is 1.03. The van der Waals surface area contributed by atoms with Crippen LogP contribution in [0.25, 0.3) is 22.0 Å². The first-order valence-electron chi connectivity index (χ1n) is 13.9. The number of carbonyl (C=O) groups excluding carboxylic acids is 1. The van der Waals surface area contributed by atoms with Gasteiger partial charge >= 0.3 is 0 Å². The number of nitrogens with zero attached hydrogens (tertiary/aromatic N) is 1. The number of rotatable bonds is 10. The number of amides is 1. The summed E-state index contributed by atoms with van der Waals surface area (Å²) in [5.41, 5.74) is 4.08. The van der Waals surface area contributed by atoms with Crippen LogP contribution in [0.5, 0.6) is 5.75 Å². The second-order valence-electron chi connectivity index (χ2n) is 10.4. The van der Waals surface area contributed by atoms with Gasteiger partial charge in [-0.25, -0.2) is 0 Å². The van der Waals surface area contributed by atoms with Crippen molar-refractivity contribution in [2.24, 2.45) is 0 Å². The van der Waals surface area contributed by atoms with E-state index in [9.17, 15) is 19.8 Å². The standard InChI is InChI=1S/C32H36N4O4/c37-28-11-9-26(27-10-12-31(40)35-32(27)28)29(38)21-33-25-13-16-36(17-14-25)18-15-30(39)34-20-22-5-4-8-24(19-22)23-6-2-1-3-7-23/h1-12,19,25,29,33,37-38H,13-18,20-21H2,(H,34,39)(H,35,40)/t29-/m1/s1. The lowest BCUT2D eigenvalue weighted by Crippen LogP contribution is -2.44. The molecule has 0 aliphatic carbocycles. The van der Waals surface area contributed by atoms with Crippen LogP contribution in [0.15, 0.2) is 83.7 Å². The van der Waals surface area contributed by atoms with Crippen molar-refractivity contribution in [1.29, 1.82) is 0 Å². The SMILES string of the molecule is O=C(CCN1CCC(NC[C@@H](O)c2ccc(O)c3[nH]c(=O)ccc23)CC1)NCc1cccc(-c2ccccc2)c1. The Morgan fingerprint density at radius 1 is 0.975 bits per heavy atom. The maximum Gasteiger partial charge on any atom is 0.248 e. The Morgan fingerprint density at radius 3 is 2.55 bits per heavy atom. The fourth-order valence-corrected chi connectivity index (χ4v) is 5.34. The number of phenolic OH excluding ortho intramolecular Hbond substituents is 1. The van der Waals surface area contributed by atoms with Crippen LogP contribution in [-0.2, 0) is 11.3 Å². The van der Waals surface area contributed by atoms with Crippen molar-refractivity contribution in [3.8, 4) is 16.9 Å². The van der Waals surface area contributed by atoms with Crippen molar-refractivity contribution < 1.29 is 15.0 Å². The number of fused-ring (bicyclic) bond motifs is 1. The smallest absolute Gasteiger partial charge is 0.248 e. The third-order valence-electron chi connectivity index (χ3n) is 7.63. The van der Waals surface area contributed by atoms with Gasteiger partial charge in [-0.2, -0.15) is 0 Å². The number of hydrogen-bond donors (Lipinski definition) is 5. The van der Waals surface area contributed by atoms with Gasteiger partial charge in [-0.15, -0.1) is 0 Å². The van der Waals surface area contributed by atoms with Gasteiger partial charge in [-0.05, 0) is 66.4 Å². The van der Waals surface area contributed by atoms with Crippen LogP contribution >= 0.6 is 0 Å². The lowest BCUT2D eigenvalue weighted by Gasteiger charge is -2.32.